The Morgan fingerprint density at radius 2 is 2.11 bits per heavy atom. The van der Waals surface area contributed by atoms with Crippen LogP contribution >= 0.6 is 15.9 Å². The summed E-state index contributed by atoms with van der Waals surface area (Å²) in [5.74, 6) is -0.927. The van der Waals surface area contributed by atoms with Crippen molar-refractivity contribution in [2.75, 3.05) is 5.32 Å². The van der Waals surface area contributed by atoms with Crippen LogP contribution in [0.25, 0.3) is 0 Å². The first-order valence-corrected chi connectivity index (χ1v) is 6.77. The van der Waals surface area contributed by atoms with Gasteiger partial charge in [-0.15, -0.1) is 0 Å². The van der Waals surface area contributed by atoms with Crippen LogP contribution in [0.15, 0.2) is 22.7 Å². The van der Waals surface area contributed by atoms with E-state index in [1.54, 1.807) is 0 Å². The third kappa shape index (κ3) is 5.30. The first-order valence-electron chi connectivity index (χ1n) is 5.97. The average Bonchev–Trinajstić information content (AvgIpc) is 2.32. The van der Waals surface area contributed by atoms with Crippen LogP contribution in [0.4, 0.5) is 10.5 Å². The van der Waals surface area contributed by atoms with E-state index in [1.807, 2.05) is 32.0 Å². The van der Waals surface area contributed by atoms with Gasteiger partial charge < -0.3 is 15.7 Å². The smallest absolute Gasteiger partial charge is 0.319 e. The van der Waals surface area contributed by atoms with Crippen LogP contribution in [-0.4, -0.2) is 23.1 Å². The third-order valence-electron chi connectivity index (χ3n) is 2.62. The molecular formula is C13H17BrN2O3. The van der Waals surface area contributed by atoms with E-state index in [2.05, 4.69) is 26.6 Å². The van der Waals surface area contributed by atoms with Crippen LogP contribution < -0.4 is 10.6 Å². The lowest BCUT2D eigenvalue weighted by Gasteiger charge is -2.16. The maximum absolute atomic E-state index is 11.8. The summed E-state index contributed by atoms with van der Waals surface area (Å²) in [5, 5.41) is 14.1. The number of amides is 2. The molecule has 0 aliphatic heterocycles. The molecule has 6 heteroatoms. The lowest BCUT2D eigenvalue weighted by molar-refractivity contribution is -0.137. The number of rotatable bonds is 5. The normalized spacial score (nSPS) is 11.7. The quantitative estimate of drug-likeness (QED) is 0.776. The monoisotopic (exact) mass is 328 g/mol. The second kappa shape index (κ2) is 7.13. The van der Waals surface area contributed by atoms with Crippen molar-refractivity contribution in [3.63, 3.8) is 0 Å². The summed E-state index contributed by atoms with van der Waals surface area (Å²) in [5.41, 5.74) is 1.68. The fourth-order valence-corrected chi connectivity index (χ4v) is 1.93. The second-order valence-corrected chi connectivity index (χ2v) is 5.14. The number of anilines is 1. The number of aliphatic carboxylic acids is 1. The topological polar surface area (TPSA) is 78.4 Å². The molecule has 19 heavy (non-hydrogen) atoms. The molecule has 0 saturated carbocycles. The molecule has 104 valence electrons. The largest absolute Gasteiger partial charge is 0.481 e. The Labute approximate surface area is 120 Å². The Morgan fingerprint density at radius 3 is 2.68 bits per heavy atom. The number of carboxylic acids is 1. The highest BCUT2D eigenvalue weighted by molar-refractivity contribution is 9.10. The van der Waals surface area contributed by atoms with Crippen molar-refractivity contribution in [1.82, 2.24) is 5.32 Å². The summed E-state index contributed by atoms with van der Waals surface area (Å²) in [7, 11) is 0. The van der Waals surface area contributed by atoms with Gasteiger partial charge in [0.1, 0.15) is 0 Å². The van der Waals surface area contributed by atoms with Gasteiger partial charge in [0.05, 0.1) is 12.1 Å². The first-order chi connectivity index (χ1) is 8.92. The number of hydrogen-bond acceptors (Lipinski definition) is 2. The molecule has 1 unspecified atom stereocenters. The van der Waals surface area contributed by atoms with Gasteiger partial charge in [0.2, 0.25) is 0 Å². The molecule has 0 bridgehead atoms. The Morgan fingerprint density at radius 1 is 1.42 bits per heavy atom. The Balaban J connectivity index is 2.63. The predicted molar refractivity (Wildman–Crippen MR) is 77.4 cm³/mol. The maximum Gasteiger partial charge on any atom is 0.319 e. The summed E-state index contributed by atoms with van der Waals surface area (Å²) in [6.45, 7) is 3.76. The fourth-order valence-electron chi connectivity index (χ4n) is 1.59. The van der Waals surface area contributed by atoms with Gasteiger partial charge in [-0.2, -0.15) is 0 Å². The predicted octanol–water partition coefficient (Wildman–Crippen LogP) is 3.13. The van der Waals surface area contributed by atoms with E-state index >= 15 is 0 Å². The molecule has 0 aliphatic rings. The van der Waals surface area contributed by atoms with E-state index in [0.717, 1.165) is 10.0 Å². The summed E-state index contributed by atoms with van der Waals surface area (Å²) in [6.07, 6.45) is 0.480. The number of carboxylic acid groups (broad SMARTS) is 1. The van der Waals surface area contributed by atoms with Crippen molar-refractivity contribution in [1.29, 1.82) is 0 Å². The van der Waals surface area contributed by atoms with E-state index in [4.69, 9.17) is 5.11 Å². The molecule has 0 heterocycles. The van der Waals surface area contributed by atoms with E-state index in [9.17, 15) is 9.59 Å². The molecule has 0 aliphatic carbocycles. The summed E-state index contributed by atoms with van der Waals surface area (Å²) in [4.78, 5) is 22.4. The van der Waals surface area contributed by atoms with Gasteiger partial charge in [-0.3, -0.25) is 4.79 Å². The number of urea groups is 1. The van der Waals surface area contributed by atoms with Gasteiger partial charge in [-0.25, -0.2) is 4.79 Å². The highest BCUT2D eigenvalue weighted by atomic mass is 79.9. The number of halogens is 1. The van der Waals surface area contributed by atoms with Gasteiger partial charge in [-0.05, 0) is 47.0 Å². The van der Waals surface area contributed by atoms with Crippen LogP contribution in [0.2, 0.25) is 0 Å². The molecule has 5 nitrogen and oxygen atoms in total. The van der Waals surface area contributed by atoms with E-state index in [1.165, 1.54) is 0 Å². The SMILES string of the molecule is CCC(CC(=O)O)NC(=O)Nc1cc(C)ccc1Br. The molecule has 1 atom stereocenters. The number of nitrogens with one attached hydrogen (secondary N) is 2. The first kappa shape index (κ1) is 15.5. The molecule has 1 aromatic rings. The minimum absolute atomic E-state index is 0.0844. The van der Waals surface area contributed by atoms with Crippen LogP contribution in [0, 0.1) is 6.92 Å². The molecule has 3 N–H and O–H groups in total. The number of carbonyl (C=O) groups excluding carboxylic acids is 1. The van der Waals surface area contributed by atoms with Gasteiger partial charge in [-0.1, -0.05) is 13.0 Å². The minimum Gasteiger partial charge on any atom is -0.481 e. The minimum atomic E-state index is -0.927. The molecule has 0 spiro atoms. The lowest BCUT2D eigenvalue weighted by atomic mass is 10.1. The standard InChI is InChI=1S/C13H17BrN2O3/c1-3-9(7-12(17)18)15-13(19)16-11-6-8(2)4-5-10(11)14/h4-6,9H,3,7H2,1-2H3,(H,17,18)(H2,15,16,19). The van der Waals surface area contributed by atoms with Gasteiger partial charge >= 0.3 is 12.0 Å². The Bertz CT molecular complexity index is 477. The fraction of sp³-hybridized carbons (Fsp3) is 0.385. The molecule has 1 rings (SSSR count). The van der Waals surface area contributed by atoms with Crippen LogP contribution in [-0.2, 0) is 4.79 Å². The van der Waals surface area contributed by atoms with Crippen molar-refractivity contribution < 1.29 is 14.7 Å². The summed E-state index contributed by atoms with van der Waals surface area (Å²) >= 11 is 3.35. The number of hydrogen-bond donors (Lipinski definition) is 3. The van der Waals surface area contributed by atoms with Gasteiger partial charge in [0.25, 0.3) is 0 Å². The molecule has 0 saturated heterocycles. The third-order valence-corrected chi connectivity index (χ3v) is 3.31. The molecule has 0 radical (unpaired) electrons. The zero-order valence-electron chi connectivity index (χ0n) is 10.9. The average molecular weight is 329 g/mol. The molecule has 1 aromatic carbocycles. The number of aryl methyl sites for hydroxylation is 1. The van der Waals surface area contributed by atoms with Crippen LogP contribution in [0.5, 0.6) is 0 Å². The number of benzene rings is 1. The van der Waals surface area contributed by atoms with Gasteiger partial charge in [0, 0.05) is 10.5 Å². The van der Waals surface area contributed by atoms with Crippen molar-refractivity contribution in [2.45, 2.75) is 32.7 Å². The van der Waals surface area contributed by atoms with Crippen molar-refractivity contribution >= 4 is 33.6 Å². The molecule has 2 amide bonds. The van der Waals surface area contributed by atoms with Gasteiger partial charge in [0.15, 0.2) is 0 Å². The molecule has 0 aromatic heterocycles. The zero-order chi connectivity index (χ0) is 14.4. The summed E-state index contributed by atoms with van der Waals surface area (Å²) in [6, 6.07) is 4.83. The number of carbonyl (C=O) groups is 2. The Hall–Kier alpha value is -1.56. The van der Waals surface area contributed by atoms with E-state index in [0.29, 0.717) is 12.1 Å². The van der Waals surface area contributed by atoms with Crippen LogP contribution in [0.3, 0.4) is 0 Å². The van der Waals surface area contributed by atoms with E-state index in [-0.39, 0.29) is 12.5 Å². The van der Waals surface area contributed by atoms with E-state index < -0.39 is 12.0 Å². The van der Waals surface area contributed by atoms with Crippen LogP contribution in [0.1, 0.15) is 25.3 Å². The van der Waals surface area contributed by atoms with Crippen molar-refractivity contribution in [2.24, 2.45) is 0 Å². The maximum atomic E-state index is 11.8. The highest BCUT2D eigenvalue weighted by Gasteiger charge is 2.14. The summed E-state index contributed by atoms with van der Waals surface area (Å²) < 4.78 is 0.777. The Kier molecular flexibility index (Phi) is 5.82. The zero-order valence-corrected chi connectivity index (χ0v) is 12.5. The highest BCUT2D eigenvalue weighted by Crippen LogP contribution is 2.23. The lowest BCUT2D eigenvalue weighted by Crippen LogP contribution is -2.38. The van der Waals surface area contributed by atoms with Crippen molar-refractivity contribution in [3.05, 3.63) is 28.2 Å². The van der Waals surface area contributed by atoms with Crippen molar-refractivity contribution in [3.8, 4) is 0 Å². The molecular weight excluding hydrogens is 312 g/mol. The molecule has 0 fully saturated rings. The second-order valence-electron chi connectivity index (χ2n) is 4.28.